The molecule has 5 rings (SSSR count). The topological polar surface area (TPSA) is 122 Å². The Labute approximate surface area is 164 Å². The van der Waals surface area contributed by atoms with Crippen LogP contribution in [0.4, 0.5) is 13.2 Å². The number of hydrogen-bond acceptors (Lipinski definition) is 6. The minimum absolute atomic E-state index is 0.0428. The fourth-order valence-corrected chi connectivity index (χ4v) is 3.53. The van der Waals surface area contributed by atoms with Crippen LogP contribution in [0.1, 0.15) is 35.2 Å². The molecule has 9 nitrogen and oxygen atoms in total. The summed E-state index contributed by atoms with van der Waals surface area (Å²) in [6.07, 6.45) is 2.93. The second-order valence-corrected chi connectivity index (χ2v) is 6.95. The SMILES string of the molecule is O=c1[nH]cc(-c2cc([C@H]3C[C@@H]3c3cnc(C(F)(F)F)nc3)c3nccn3n2)c(=O)[nH]1. The first kappa shape index (κ1) is 18.2. The van der Waals surface area contributed by atoms with E-state index in [4.69, 9.17) is 0 Å². The van der Waals surface area contributed by atoms with Crippen molar-refractivity contribution in [3.05, 3.63) is 74.8 Å². The maximum Gasteiger partial charge on any atom is 0.451 e. The molecule has 2 N–H and O–H groups in total. The number of aromatic amines is 2. The molecule has 0 saturated heterocycles. The van der Waals surface area contributed by atoms with Crippen LogP contribution in [0.3, 0.4) is 0 Å². The number of fused-ring (bicyclic) bond motifs is 1. The molecule has 1 saturated carbocycles. The molecular formula is C18H12F3N7O2. The van der Waals surface area contributed by atoms with Gasteiger partial charge in [0, 0.05) is 36.5 Å². The Hall–Kier alpha value is -3.83. The lowest BCUT2D eigenvalue weighted by Crippen LogP contribution is -2.23. The number of alkyl halides is 3. The molecule has 152 valence electrons. The normalized spacial score (nSPS) is 18.6. The fourth-order valence-electron chi connectivity index (χ4n) is 3.53. The lowest BCUT2D eigenvalue weighted by atomic mass is 10.1. The summed E-state index contributed by atoms with van der Waals surface area (Å²) in [5.41, 5.74) is 1.28. The Kier molecular flexibility index (Phi) is 3.85. The van der Waals surface area contributed by atoms with E-state index in [0.29, 0.717) is 23.3 Å². The van der Waals surface area contributed by atoms with Crippen molar-refractivity contribution in [3.8, 4) is 11.3 Å². The summed E-state index contributed by atoms with van der Waals surface area (Å²) in [5.74, 6) is -1.29. The van der Waals surface area contributed by atoms with Crippen LogP contribution in [0, 0.1) is 0 Å². The lowest BCUT2D eigenvalue weighted by Gasteiger charge is -2.08. The second kappa shape index (κ2) is 6.34. The van der Waals surface area contributed by atoms with Gasteiger partial charge in [-0.05, 0) is 29.9 Å². The van der Waals surface area contributed by atoms with E-state index in [1.54, 1.807) is 18.5 Å². The van der Waals surface area contributed by atoms with Crippen molar-refractivity contribution in [2.24, 2.45) is 0 Å². The van der Waals surface area contributed by atoms with Crippen LogP contribution < -0.4 is 11.2 Å². The van der Waals surface area contributed by atoms with Gasteiger partial charge in [-0.1, -0.05) is 0 Å². The molecule has 0 bridgehead atoms. The number of hydrogen-bond donors (Lipinski definition) is 2. The van der Waals surface area contributed by atoms with Crippen LogP contribution in [0.5, 0.6) is 0 Å². The molecule has 1 aliphatic carbocycles. The zero-order valence-corrected chi connectivity index (χ0v) is 15.0. The van der Waals surface area contributed by atoms with Gasteiger partial charge in [-0.2, -0.15) is 18.3 Å². The van der Waals surface area contributed by atoms with Crippen LogP contribution in [0.2, 0.25) is 0 Å². The Morgan fingerprint density at radius 3 is 2.57 bits per heavy atom. The van der Waals surface area contributed by atoms with Crippen molar-refractivity contribution < 1.29 is 13.2 Å². The van der Waals surface area contributed by atoms with E-state index in [-0.39, 0.29) is 17.4 Å². The third-order valence-electron chi connectivity index (χ3n) is 5.03. The standard InChI is InChI=1S/C18H12F3N7O2/c19-18(20,21)16-23-5-8(6-24-16)9-3-10(9)11-4-13(27-28-2-1-22-14(11)28)12-7-25-17(30)26-15(12)29/h1-2,4-7,9-10H,3H2,(H2,25,26,29,30)/t9-,10+/m1/s1. The van der Waals surface area contributed by atoms with Crippen molar-refractivity contribution in [1.82, 2.24) is 34.5 Å². The maximum absolute atomic E-state index is 12.7. The monoisotopic (exact) mass is 415 g/mol. The zero-order valence-electron chi connectivity index (χ0n) is 15.0. The Bertz CT molecular complexity index is 1370. The highest BCUT2D eigenvalue weighted by Gasteiger charge is 2.42. The van der Waals surface area contributed by atoms with Gasteiger partial charge >= 0.3 is 11.9 Å². The maximum atomic E-state index is 12.7. The number of H-pyrrole nitrogens is 2. The minimum atomic E-state index is -4.59. The van der Waals surface area contributed by atoms with Gasteiger partial charge in [-0.15, -0.1) is 0 Å². The highest BCUT2D eigenvalue weighted by Crippen LogP contribution is 2.55. The largest absolute Gasteiger partial charge is 0.451 e. The average Bonchev–Trinajstić information content (AvgIpc) is 3.35. The van der Waals surface area contributed by atoms with Crippen LogP contribution in [0.25, 0.3) is 16.9 Å². The molecule has 12 heteroatoms. The van der Waals surface area contributed by atoms with Crippen molar-refractivity contribution in [3.63, 3.8) is 0 Å². The summed E-state index contributed by atoms with van der Waals surface area (Å²) in [7, 11) is 0. The Morgan fingerprint density at radius 2 is 1.87 bits per heavy atom. The number of imidazole rings is 1. The molecule has 4 aromatic rings. The molecule has 0 amide bonds. The summed E-state index contributed by atoms with van der Waals surface area (Å²) in [6.45, 7) is 0. The summed E-state index contributed by atoms with van der Waals surface area (Å²) < 4.78 is 39.6. The smallest absolute Gasteiger partial charge is 0.313 e. The first-order valence-electron chi connectivity index (χ1n) is 8.87. The third-order valence-corrected chi connectivity index (χ3v) is 5.03. The molecule has 0 spiro atoms. The van der Waals surface area contributed by atoms with Crippen LogP contribution in [-0.4, -0.2) is 34.5 Å². The van der Waals surface area contributed by atoms with Gasteiger partial charge in [0.1, 0.15) is 0 Å². The Morgan fingerprint density at radius 1 is 1.10 bits per heavy atom. The number of nitrogens with zero attached hydrogens (tertiary/aromatic N) is 5. The molecule has 0 aliphatic heterocycles. The van der Waals surface area contributed by atoms with Gasteiger partial charge in [-0.3, -0.25) is 9.78 Å². The molecular weight excluding hydrogens is 403 g/mol. The van der Waals surface area contributed by atoms with E-state index in [0.717, 1.165) is 5.56 Å². The summed E-state index contributed by atoms with van der Waals surface area (Å²) >= 11 is 0. The van der Waals surface area contributed by atoms with Gasteiger partial charge in [-0.25, -0.2) is 24.3 Å². The predicted octanol–water partition coefficient (Wildman–Crippen LogP) is 1.85. The Balaban J connectivity index is 1.53. The van der Waals surface area contributed by atoms with Gasteiger partial charge in [0.15, 0.2) is 5.65 Å². The van der Waals surface area contributed by atoms with Gasteiger partial charge in [0.2, 0.25) is 5.82 Å². The van der Waals surface area contributed by atoms with E-state index in [9.17, 15) is 22.8 Å². The summed E-state index contributed by atoms with van der Waals surface area (Å²) in [6, 6.07) is 1.71. The lowest BCUT2D eigenvalue weighted by molar-refractivity contribution is -0.145. The predicted molar refractivity (Wildman–Crippen MR) is 96.8 cm³/mol. The highest BCUT2D eigenvalue weighted by molar-refractivity contribution is 5.63. The van der Waals surface area contributed by atoms with E-state index in [2.05, 4.69) is 30.0 Å². The number of nitrogens with one attached hydrogen (secondary N) is 2. The molecule has 0 unspecified atom stereocenters. The highest BCUT2D eigenvalue weighted by atomic mass is 19.4. The molecule has 1 fully saturated rings. The summed E-state index contributed by atoms with van der Waals surface area (Å²) in [5, 5.41) is 4.37. The van der Waals surface area contributed by atoms with Crippen LogP contribution in [0.15, 0.2) is 46.6 Å². The molecule has 0 aromatic carbocycles. The van der Waals surface area contributed by atoms with Crippen molar-refractivity contribution in [1.29, 1.82) is 0 Å². The molecule has 4 heterocycles. The van der Waals surface area contributed by atoms with E-state index < -0.39 is 23.2 Å². The molecule has 30 heavy (non-hydrogen) atoms. The third kappa shape index (κ3) is 3.06. The average molecular weight is 415 g/mol. The quantitative estimate of drug-likeness (QED) is 0.527. The minimum Gasteiger partial charge on any atom is -0.313 e. The van der Waals surface area contributed by atoms with Crippen molar-refractivity contribution in [2.75, 3.05) is 0 Å². The number of halogens is 3. The van der Waals surface area contributed by atoms with Gasteiger partial charge in [0.25, 0.3) is 5.56 Å². The summed E-state index contributed by atoms with van der Waals surface area (Å²) in [4.78, 5) is 39.2. The zero-order chi connectivity index (χ0) is 21.0. The van der Waals surface area contributed by atoms with Crippen molar-refractivity contribution in [2.45, 2.75) is 24.4 Å². The first-order chi connectivity index (χ1) is 14.3. The molecule has 1 aliphatic rings. The van der Waals surface area contributed by atoms with E-state index in [1.165, 1.54) is 23.1 Å². The molecule has 4 aromatic heterocycles. The first-order valence-corrected chi connectivity index (χ1v) is 8.87. The van der Waals surface area contributed by atoms with Crippen molar-refractivity contribution >= 4 is 5.65 Å². The molecule has 2 atom stereocenters. The fraction of sp³-hybridized carbons (Fsp3) is 0.222. The molecule has 0 radical (unpaired) electrons. The van der Waals surface area contributed by atoms with E-state index >= 15 is 0 Å². The van der Waals surface area contributed by atoms with Gasteiger partial charge < -0.3 is 4.98 Å². The van der Waals surface area contributed by atoms with Crippen LogP contribution in [-0.2, 0) is 6.18 Å². The van der Waals surface area contributed by atoms with Gasteiger partial charge in [0.05, 0.1) is 11.3 Å². The second-order valence-electron chi connectivity index (χ2n) is 6.95. The number of aromatic nitrogens is 7. The number of rotatable bonds is 3. The van der Waals surface area contributed by atoms with E-state index in [1.807, 2.05) is 0 Å². The van der Waals surface area contributed by atoms with Crippen LogP contribution >= 0.6 is 0 Å².